The molecule has 4 fully saturated rings. The molecule has 29 heavy (non-hydrogen) atoms. The minimum absolute atomic E-state index is 0.225. The Labute approximate surface area is 166 Å². The van der Waals surface area contributed by atoms with Gasteiger partial charge in [0.15, 0.2) is 0 Å². The van der Waals surface area contributed by atoms with Crippen LogP contribution in [0.5, 0.6) is 0 Å². The number of aromatic amines is 1. The molecule has 0 radical (unpaired) electrons. The van der Waals surface area contributed by atoms with E-state index in [1.165, 1.54) is 0 Å². The fraction of sp³-hybridized carbons (Fsp3) is 0.500. The molecule has 3 unspecified atom stereocenters. The zero-order valence-corrected chi connectivity index (χ0v) is 15.8. The molecule has 3 aromatic rings. The van der Waals surface area contributed by atoms with Crippen LogP contribution in [0.2, 0.25) is 0 Å². The van der Waals surface area contributed by atoms with Crippen molar-refractivity contribution in [3.8, 4) is 11.4 Å². The lowest BCUT2D eigenvalue weighted by atomic mass is 9.52. The number of hydrogen-bond donors (Lipinski definition) is 4. The summed E-state index contributed by atoms with van der Waals surface area (Å²) in [5.41, 5.74) is 7.08. The minimum Gasteiger partial charge on any atom is -0.390 e. The van der Waals surface area contributed by atoms with E-state index in [2.05, 4.69) is 25.4 Å². The summed E-state index contributed by atoms with van der Waals surface area (Å²) >= 11 is 0. The van der Waals surface area contributed by atoms with Crippen LogP contribution < -0.4 is 11.1 Å². The SMILES string of the molecule is NC(=O)c1nc(-c2cnc3[nH]ccc3c2NC2[C@@H]3CC4C[C@H]2CC(O)(C4)C3)no1. The highest BCUT2D eigenvalue weighted by atomic mass is 16.5. The summed E-state index contributed by atoms with van der Waals surface area (Å²) in [6.07, 6.45) is 8.49. The van der Waals surface area contributed by atoms with Gasteiger partial charge in [-0.15, -0.1) is 0 Å². The van der Waals surface area contributed by atoms with Crippen molar-refractivity contribution in [2.24, 2.45) is 23.5 Å². The van der Waals surface area contributed by atoms with Gasteiger partial charge in [0.2, 0.25) is 5.82 Å². The van der Waals surface area contributed by atoms with E-state index in [-0.39, 0.29) is 17.8 Å². The van der Waals surface area contributed by atoms with Gasteiger partial charge in [0.05, 0.1) is 16.9 Å². The Morgan fingerprint density at radius 1 is 1.31 bits per heavy atom. The number of hydrogen-bond acceptors (Lipinski definition) is 7. The van der Waals surface area contributed by atoms with Crippen molar-refractivity contribution in [1.29, 1.82) is 0 Å². The molecular formula is C20H22N6O3. The molecule has 0 spiro atoms. The summed E-state index contributed by atoms with van der Waals surface area (Å²) in [5, 5.41) is 19.5. The lowest BCUT2D eigenvalue weighted by Crippen LogP contribution is -2.59. The zero-order chi connectivity index (χ0) is 19.8. The van der Waals surface area contributed by atoms with Crippen molar-refractivity contribution in [3.05, 3.63) is 24.4 Å². The van der Waals surface area contributed by atoms with Gasteiger partial charge in [-0.3, -0.25) is 4.79 Å². The Morgan fingerprint density at radius 3 is 2.79 bits per heavy atom. The van der Waals surface area contributed by atoms with E-state index in [9.17, 15) is 9.90 Å². The second-order valence-corrected chi connectivity index (χ2v) is 8.94. The van der Waals surface area contributed by atoms with Crippen LogP contribution in [-0.2, 0) is 0 Å². The molecule has 1 amide bonds. The maximum Gasteiger partial charge on any atom is 0.316 e. The third-order valence-corrected chi connectivity index (χ3v) is 7.02. The number of nitrogens with two attached hydrogens (primary N) is 1. The van der Waals surface area contributed by atoms with Gasteiger partial charge in [-0.05, 0) is 55.9 Å². The highest BCUT2D eigenvalue weighted by molar-refractivity contribution is 5.97. The smallest absolute Gasteiger partial charge is 0.316 e. The first-order valence-electron chi connectivity index (χ1n) is 10.1. The van der Waals surface area contributed by atoms with Gasteiger partial charge >= 0.3 is 11.8 Å². The Kier molecular flexibility index (Phi) is 3.39. The second kappa shape index (κ2) is 5.79. The summed E-state index contributed by atoms with van der Waals surface area (Å²) in [6, 6.07) is 2.24. The van der Waals surface area contributed by atoms with Crippen molar-refractivity contribution in [3.63, 3.8) is 0 Å². The van der Waals surface area contributed by atoms with Crippen LogP contribution in [0.4, 0.5) is 5.69 Å². The van der Waals surface area contributed by atoms with E-state index in [1.807, 2.05) is 12.3 Å². The molecule has 150 valence electrons. The Bertz CT molecular complexity index is 1100. The van der Waals surface area contributed by atoms with Gasteiger partial charge < -0.3 is 25.7 Å². The minimum atomic E-state index is -0.761. The quantitative estimate of drug-likeness (QED) is 0.530. The standard InChI is InChI=1S/C20H22N6O3/c21-16(27)19-25-18(26-29-19)13-8-23-17-12(1-2-22-17)15(13)24-14-10-3-9-4-11(14)7-20(28,5-9)6-10/h1-2,8-11,14,28H,3-7H2,(H2,21,27)(H2,22,23,24)/t9?,10-,11+,14?,20?. The maximum atomic E-state index is 11.4. The van der Waals surface area contributed by atoms with E-state index < -0.39 is 11.5 Å². The third-order valence-electron chi connectivity index (χ3n) is 7.02. The molecule has 4 aliphatic rings. The zero-order valence-electron chi connectivity index (χ0n) is 15.8. The summed E-state index contributed by atoms with van der Waals surface area (Å²) in [5.74, 6) is 0.801. The van der Waals surface area contributed by atoms with Crippen LogP contribution in [0.15, 0.2) is 23.0 Å². The number of nitrogens with one attached hydrogen (secondary N) is 2. The molecule has 5 atom stereocenters. The molecule has 5 N–H and O–H groups in total. The average Bonchev–Trinajstić information content (AvgIpc) is 3.32. The van der Waals surface area contributed by atoms with Crippen molar-refractivity contribution < 1.29 is 14.4 Å². The second-order valence-electron chi connectivity index (χ2n) is 8.94. The Morgan fingerprint density at radius 2 is 2.10 bits per heavy atom. The first-order chi connectivity index (χ1) is 14.0. The number of rotatable bonds is 4. The average molecular weight is 394 g/mol. The summed E-state index contributed by atoms with van der Waals surface area (Å²) in [7, 11) is 0. The molecule has 7 rings (SSSR count). The number of fused-ring (bicyclic) bond motifs is 1. The molecular weight excluding hydrogens is 372 g/mol. The number of pyridine rings is 1. The van der Waals surface area contributed by atoms with Crippen molar-refractivity contribution in [2.45, 2.75) is 43.7 Å². The molecule has 9 heteroatoms. The molecule has 9 nitrogen and oxygen atoms in total. The summed E-state index contributed by atoms with van der Waals surface area (Å²) in [4.78, 5) is 23.1. The molecule has 0 aliphatic heterocycles. The van der Waals surface area contributed by atoms with E-state index in [0.29, 0.717) is 23.3 Å². The van der Waals surface area contributed by atoms with Gasteiger partial charge in [-0.2, -0.15) is 4.98 Å². The first-order valence-corrected chi connectivity index (χ1v) is 10.1. The monoisotopic (exact) mass is 394 g/mol. The number of carbonyl (C=O) groups is 1. The predicted octanol–water partition coefficient (Wildman–Crippen LogP) is 2.06. The molecule has 4 bridgehead atoms. The maximum absolute atomic E-state index is 11.4. The number of primary amides is 1. The largest absolute Gasteiger partial charge is 0.390 e. The van der Waals surface area contributed by atoms with E-state index >= 15 is 0 Å². The number of carbonyl (C=O) groups excluding carboxylic acids is 1. The fourth-order valence-electron chi connectivity index (χ4n) is 6.15. The number of anilines is 1. The topological polar surface area (TPSA) is 143 Å². The van der Waals surface area contributed by atoms with Crippen LogP contribution >= 0.6 is 0 Å². The first kappa shape index (κ1) is 17.0. The Hall–Kier alpha value is -2.94. The van der Waals surface area contributed by atoms with Crippen LogP contribution in [0.1, 0.15) is 42.8 Å². The Balaban J connectivity index is 1.42. The number of aliphatic hydroxyl groups is 1. The van der Waals surface area contributed by atoms with Crippen LogP contribution in [0.25, 0.3) is 22.4 Å². The predicted molar refractivity (Wildman–Crippen MR) is 104 cm³/mol. The number of aromatic nitrogens is 4. The highest BCUT2D eigenvalue weighted by Crippen LogP contribution is 2.56. The van der Waals surface area contributed by atoms with E-state index in [1.54, 1.807) is 6.20 Å². The van der Waals surface area contributed by atoms with Crippen molar-refractivity contribution in [1.82, 2.24) is 20.1 Å². The van der Waals surface area contributed by atoms with Gasteiger partial charge in [0, 0.05) is 23.8 Å². The van der Waals surface area contributed by atoms with Gasteiger partial charge in [0.25, 0.3) is 0 Å². The molecule has 4 saturated carbocycles. The number of nitrogens with zero attached hydrogens (tertiary/aromatic N) is 3. The molecule has 0 saturated heterocycles. The number of amides is 1. The molecule has 3 heterocycles. The van der Waals surface area contributed by atoms with Crippen LogP contribution in [0, 0.1) is 17.8 Å². The fourth-order valence-corrected chi connectivity index (χ4v) is 6.15. The summed E-state index contributed by atoms with van der Waals surface area (Å²) in [6.45, 7) is 0. The van der Waals surface area contributed by atoms with Gasteiger partial charge in [-0.25, -0.2) is 4.98 Å². The van der Waals surface area contributed by atoms with E-state index in [0.717, 1.165) is 48.8 Å². The van der Waals surface area contributed by atoms with Crippen LogP contribution in [-0.4, -0.2) is 42.8 Å². The van der Waals surface area contributed by atoms with Crippen LogP contribution in [0.3, 0.4) is 0 Å². The lowest BCUT2D eigenvalue weighted by molar-refractivity contribution is -0.129. The van der Waals surface area contributed by atoms with Crippen molar-refractivity contribution in [2.75, 3.05) is 5.32 Å². The van der Waals surface area contributed by atoms with Gasteiger partial charge in [-0.1, -0.05) is 5.16 Å². The highest BCUT2D eigenvalue weighted by Gasteiger charge is 2.54. The van der Waals surface area contributed by atoms with Gasteiger partial charge in [0.1, 0.15) is 5.65 Å². The van der Waals surface area contributed by atoms with Crippen molar-refractivity contribution >= 4 is 22.6 Å². The van der Waals surface area contributed by atoms with E-state index in [4.69, 9.17) is 10.3 Å². The summed E-state index contributed by atoms with van der Waals surface area (Å²) < 4.78 is 4.99. The lowest BCUT2D eigenvalue weighted by Gasteiger charge is -2.58. The normalized spacial score (nSPS) is 32.7. The molecule has 4 aliphatic carbocycles. The third kappa shape index (κ3) is 2.57. The molecule has 3 aromatic heterocycles. The number of H-pyrrole nitrogens is 1. The molecule has 0 aromatic carbocycles.